The van der Waals surface area contributed by atoms with Crippen molar-refractivity contribution in [1.82, 2.24) is 44.8 Å². The van der Waals surface area contributed by atoms with Crippen LogP contribution in [0.25, 0.3) is 65.4 Å². The smallest absolute Gasteiger partial charge is 0.343 e. The van der Waals surface area contributed by atoms with Crippen LogP contribution in [-0.4, -0.2) is 71.1 Å². The number of aromatic amines is 2. The van der Waals surface area contributed by atoms with E-state index in [4.69, 9.17) is 13.6 Å². The first-order valence-corrected chi connectivity index (χ1v) is 21.1. The highest BCUT2D eigenvalue weighted by molar-refractivity contribution is 7.15. The minimum Gasteiger partial charge on any atom is -0.425 e. The number of rotatable bonds is 10. The zero-order valence-electron chi connectivity index (χ0n) is 33.9. The second-order valence-electron chi connectivity index (χ2n) is 14.8. The Kier molecular flexibility index (Phi) is 10.9. The van der Waals surface area contributed by atoms with E-state index in [1.165, 1.54) is 17.5 Å². The molecule has 0 spiro atoms. The van der Waals surface area contributed by atoms with Crippen LogP contribution in [-0.2, 0) is 17.8 Å². The maximum atomic E-state index is 12.9. The average Bonchev–Trinajstić information content (AvgIpc) is 4.12. The number of benzene rings is 3. The normalized spacial score (nSPS) is 13.6. The van der Waals surface area contributed by atoms with Crippen molar-refractivity contribution in [3.8, 4) is 21.6 Å². The lowest BCUT2D eigenvalue weighted by atomic mass is 9.98. The van der Waals surface area contributed by atoms with Gasteiger partial charge in [-0.3, -0.25) is 4.90 Å². The Morgan fingerprint density at radius 3 is 1.98 bits per heavy atom. The molecule has 314 valence electrons. The van der Waals surface area contributed by atoms with E-state index in [-0.39, 0.29) is 23.8 Å². The predicted octanol–water partition coefficient (Wildman–Crippen LogP) is 7.93. The molecule has 1 fully saturated rings. The van der Waals surface area contributed by atoms with Gasteiger partial charge in [0.2, 0.25) is 0 Å². The molecule has 0 amide bonds. The maximum absolute atomic E-state index is 12.9. The Bertz CT molecular complexity index is 3340. The number of ether oxygens (including phenoxy) is 1. The van der Waals surface area contributed by atoms with Crippen LogP contribution in [0.2, 0.25) is 0 Å². The third-order valence-electron chi connectivity index (χ3n) is 10.8. The van der Waals surface area contributed by atoms with Gasteiger partial charge in [0, 0.05) is 51.3 Å². The van der Waals surface area contributed by atoms with Crippen molar-refractivity contribution in [3.05, 3.63) is 154 Å². The van der Waals surface area contributed by atoms with Crippen LogP contribution in [0.15, 0.2) is 135 Å². The van der Waals surface area contributed by atoms with Crippen LogP contribution in [0.1, 0.15) is 29.4 Å². The molecule has 1 aliphatic heterocycles. The molecule has 1 atom stereocenters. The Balaban J connectivity index is 0.000000153. The topological polar surface area (TPSA) is 206 Å². The van der Waals surface area contributed by atoms with Crippen molar-refractivity contribution in [2.24, 2.45) is 0 Å². The van der Waals surface area contributed by atoms with Gasteiger partial charge in [-0.05, 0) is 36.8 Å². The van der Waals surface area contributed by atoms with Gasteiger partial charge in [0.05, 0.1) is 49.2 Å². The second kappa shape index (κ2) is 17.4. The van der Waals surface area contributed by atoms with E-state index in [0.29, 0.717) is 56.3 Å². The highest BCUT2D eigenvalue weighted by Crippen LogP contribution is 2.39. The molecular weight excluding hydrogens is 819 g/mol. The quantitative estimate of drug-likeness (QED) is 0.103. The zero-order valence-corrected chi connectivity index (χ0v) is 34.7. The molecule has 1 unspecified atom stereocenters. The number of hydrogen-bond donors (Lipinski definition) is 4. The lowest BCUT2D eigenvalue weighted by Gasteiger charge is -2.25. The molecule has 16 nitrogen and oxygen atoms in total. The molecular formula is C46H39N11O5S. The molecule has 63 heavy (non-hydrogen) atoms. The standard InChI is InChI=1S/C25H24N6O3S.C21H15N5O2/c1-15(30-24-21-23(27-13-26-21)28-14-29-24)22-20(17-4-2-3-5-18(17)25(32)34-22)19-7-6-16(35-19)12-31-8-10-33-11-9-31;27-21-15-9-5-4-8-14(15)17(13-6-2-1-3-7-13)16(28-21)10-22-19-18-20(24-11-23-18)26-12-25-19/h2-7,13-15H,8-12H2,1H3,(H2,26,27,28,29,30);1-9,11-12H,10H2,(H2,22,23,24,25,26). The first kappa shape index (κ1) is 39.5. The Morgan fingerprint density at radius 1 is 0.683 bits per heavy atom. The van der Waals surface area contributed by atoms with Crippen LogP contribution in [0.5, 0.6) is 0 Å². The average molecular weight is 858 g/mol. The molecule has 10 aromatic rings. The van der Waals surface area contributed by atoms with Crippen LogP contribution >= 0.6 is 11.3 Å². The number of H-pyrrole nitrogens is 2. The molecule has 7 aromatic heterocycles. The third kappa shape index (κ3) is 8.03. The van der Waals surface area contributed by atoms with Crippen molar-refractivity contribution in [2.75, 3.05) is 36.9 Å². The molecule has 0 aliphatic carbocycles. The predicted molar refractivity (Wildman–Crippen MR) is 243 cm³/mol. The highest BCUT2D eigenvalue weighted by atomic mass is 32.1. The summed E-state index contributed by atoms with van der Waals surface area (Å²) in [7, 11) is 0. The molecule has 11 rings (SSSR count). The molecule has 1 saturated heterocycles. The van der Waals surface area contributed by atoms with Crippen molar-refractivity contribution in [3.63, 3.8) is 0 Å². The van der Waals surface area contributed by atoms with Gasteiger partial charge in [0.15, 0.2) is 22.9 Å². The molecule has 0 bridgehead atoms. The number of fused-ring (bicyclic) bond motifs is 4. The van der Waals surface area contributed by atoms with Gasteiger partial charge in [-0.25, -0.2) is 39.5 Å². The first-order chi connectivity index (χ1) is 31.0. The minimum absolute atomic E-state index is 0.287. The maximum Gasteiger partial charge on any atom is 0.343 e. The fourth-order valence-corrected chi connectivity index (χ4v) is 8.97. The van der Waals surface area contributed by atoms with E-state index in [0.717, 1.165) is 65.2 Å². The monoisotopic (exact) mass is 857 g/mol. The first-order valence-electron chi connectivity index (χ1n) is 20.3. The molecule has 4 N–H and O–H groups in total. The minimum atomic E-state index is -0.360. The van der Waals surface area contributed by atoms with Crippen LogP contribution in [0.3, 0.4) is 0 Å². The highest BCUT2D eigenvalue weighted by Gasteiger charge is 2.24. The molecule has 3 aromatic carbocycles. The van der Waals surface area contributed by atoms with Gasteiger partial charge in [-0.15, -0.1) is 11.3 Å². The van der Waals surface area contributed by atoms with Crippen molar-refractivity contribution in [2.45, 2.75) is 26.1 Å². The Morgan fingerprint density at radius 2 is 1.29 bits per heavy atom. The summed E-state index contributed by atoms with van der Waals surface area (Å²) in [6.45, 7) is 6.54. The summed E-state index contributed by atoms with van der Waals surface area (Å²) >= 11 is 1.73. The number of nitrogens with one attached hydrogen (secondary N) is 4. The summed E-state index contributed by atoms with van der Waals surface area (Å²) < 4.78 is 17.1. The zero-order chi connectivity index (χ0) is 42.7. The van der Waals surface area contributed by atoms with Gasteiger partial charge in [-0.1, -0.05) is 66.7 Å². The van der Waals surface area contributed by atoms with Crippen LogP contribution in [0, 0.1) is 0 Å². The Hall–Kier alpha value is -7.60. The van der Waals surface area contributed by atoms with E-state index < -0.39 is 0 Å². The molecule has 8 heterocycles. The molecule has 1 aliphatic rings. The lowest BCUT2D eigenvalue weighted by molar-refractivity contribution is 0.0346. The molecule has 0 radical (unpaired) electrons. The van der Waals surface area contributed by atoms with Gasteiger partial charge >= 0.3 is 11.3 Å². The van der Waals surface area contributed by atoms with E-state index in [2.05, 4.69) is 67.5 Å². The fourth-order valence-electron chi connectivity index (χ4n) is 7.85. The van der Waals surface area contributed by atoms with Gasteiger partial charge in [0.25, 0.3) is 0 Å². The van der Waals surface area contributed by atoms with Crippen molar-refractivity contribution < 1.29 is 13.6 Å². The molecule has 0 saturated carbocycles. The largest absolute Gasteiger partial charge is 0.425 e. The second-order valence-corrected chi connectivity index (χ2v) is 16.0. The lowest BCUT2D eigenvalue weighted by Crippen LogP contribution is -2.35. The molecule has 17 heteroatoms. The van der Waals surface area contributed by atoms with Crippen LogP contribution < -0.4 is 21.9 Å². The van der Waals surface area contributed by atoms with Gasteiger partial charge in [-0.2, -0.15) is 0 Å². The fraction of sp³-hybridized carbons (Fsp3) is 0.174. The number of morpholine rings is 1. The summed E-state index contributed by atoms with van der Waals surface area (Å²) in [5.41, 5.74) is 4.62. The SMILES string of the molecule is CC(Nc1ncnc2nc[nH]c12)c1oc(=O)c2ccccc2c1-c1ccc(CN2CCOCC2)s1.O=c1oc(CNc2ncnc3nc[nH]c23)c(-c2ccccc2)c2ccccc12. The van der Waals surface area contributed by atoms with Gasteiger partial charge in [0.1, 0.15) is 35.2 Å². The van der Waals surface area contributed by atoms with Gasteiger partial charge < -0.3 is 34.2 Å². The number of thiophene rings is 1. The van der Waals surface area contributed by atoms with E-state index in [1.54, 1.807) is 30.1 Å². The van der Waals surface area contributed by atoms with E-state index in [1.807, 2.05) is 79.7 Å². The summed E-state index contributed by atoms with van der Waals surface area (Å²) in [5.74, 6) is 2.30. The third-order valence-corrected chi connectivity index (χ3v) is 11.9. The van der Waals surface area contributed by atoms with E-state index in [9.17, 15) is 9.59 Å². The number of hydrogen-bond acceptors (Lipinski definition) is 15. The van der Waals surface area contributed by atoms with E-state index >= 15 is 0 Å². The number of anilines is 2. The summed E-state index contributed by atoms with van der Waals surface area (Å²) in [6, 6.07) is 28.9. The van der Waals surface area contributed by atoms with Crippen LogP contribution in [0.4, 0.5) is 11.6 Å². The summed E-state index contributed by atoms with van der Waals surface area (Å²) in [6.07, 6.45) is 6.06. The van der Waals surface area contributed by atoms with Crippen molar-refractivity contribution in [1.29, 1.82) is 0 Å². The summed E-state index contributed by atoms with van der Waals surface area (Å²) in [5, 5.41) is 9.49. The number of nitrogens with zero attached hydrogens (tertiary/aromatic N) is 7. The Labute approximate surface area is 362 Å². The number of aromatic nitrogens is 8. The number of imidazole rings is 2. The van der Waals surface area contributed by atoms with Crippen molar-refractivity contribution >= 4 is 66.8 Å². The summed E-state index contributed by atoms with van der Waals surface area (Å²) in [4.78, 5) is 61.5.